The minimum atomic E-state index is -4.42. The summed E-state index contributed by atoms with van der Waals surface area (Å²) in [6, 6.07) is 9.22. The highest BCUT2D eigenvalue weighted by molar-refractivity contribution is 6.00. The van der Waals surface area contributed by atoms with Gasteiger partial charge in [0.2, 0.25) is 0 Å². The van der Waals surface area contributed by atoms with Crippen molar-refractivity contribution in [3.8, 4) is 0 Å². The molecule has 33 heavy (non-hydrogen) atoms. The molecule has 0 aliphatic carbocycles. The normalized spacial score (nSPS) is 10.5. The largest absolute Gasteiger partial charge is 0.429 e. The quantitative estimate of drug-likeness (QED) is 0.429. The van der Waals surface area contributed by atoms with E-state index in [9.17, 15) is 18.0 Å². The summed E-state index contributed by atoms with van der Waals surface area (Å²) in [6.07, 6.45) is -0.770. The maximum Gasteiger partial charge on any atom is 0.416 e. The van der Waals surface area contributed by atoms with Crippen molar-refractivity contribution in [1.29, 1.82) is 0 Å². The monoisotopic (exact) mass is 462 g/mol. The molecule has 2 amide bonds. The topological polar surface area (TPSA) is 113 Å². The molecule has 0 radical (unpaired) electrons. The van der Waals surface area contributed by atoms with Crippen molar-refractivity contribution in [1.82, 2.24) is 4.98 Å². The van der Waals surface area contributed by atoms with Gasteiger partial charge < -0.3 is 20.4 Å². The molecule has 0 saturated heterocycles. The Hall–Kier alpha value is -4.11. The fraction of sp³-hybridized carbons (Fsp3) is 0.227. The van der Waals surface area contributed by atoms with Gasteiger partial charge in [0.05, 0.1) is 11.8 Å². The Morgan fingerprint density at radius 2 is 1.67 bits per heavy atom. The highest BCUT2D eigenvalue weighted by Crippen LogP contribution is 2.30. The summed E-state index contributed by atoms with van der Waals surface area (Å²) in [6.45, 7) is 3.94. The summed E-state index contributed by atoms with van der Waals surface area (Å²) >= 11 is 0. The summed E-state index contributed by atoms with van der Waals surface area (Å²) in [7, 11) is 0. The zero-order valence-corrected chi connectivity index (χ0v) is 17.7. The maximum atomic E-state index is 12.6. The number of anilines is 4. The molecule has 0 atom stereocenters. The molecule has 2 aromatic carbocycles. The number of carbonyl (C=O) groups is 1. The molecule has 0 bridgehead atoms. The van der Waals surface area contributed by atoms with Crippen molar-refractivity contribution >= 4 is 35.3 Å². The molecule has 0 saturated carbocycles. The Balaban J connectivity index is 0.00000122. The predicted octanol–water partition coefficient (Wildman–Crippen LogP) is 5.76. The molecule has 0 fully saturated rings. The third-order valence-corrected chi connectivity index (χ3v) is 4.26. The minimum Gasteiger partial charge on any atom is -0.429 e. The van der Waals surface area contributed by atoms with Gasteiger partial charge in [0.25, 0.3) is 6.01 Å². The first-order chi connectivity index (χ1) is 15.7. The molecule has 3 aromatic rings. The summed E-state index contributed by atoms with van der Waals surface area (Å²) in [5.41, 5.74) is 1.57. The summed E-state index contributed by atoms with van der Waals surface area (Å²) in [5.74, 6) is 0.780. The van der Waals surface area contributed by atoms with Crippen LogP contribution in [-0.2, 0) is 22.2 Å². The molecule has 8 nitrogen and oxygen atoms in total. The van der Waals surface area contributed by atoms with Crippen molar-refractivity contribution in [2.75, 3.05) is 16.0 Å². The molecule has 1 heterocycles. The van der Waals surface area contributed by atoms with Crippen LogP contribution in [0.25, 0.3) is 0 Å². The van der Waals surface area contributed by atoms with E-state index in [2.05, 4.69) is 20.9 Å². The average molecular weight is 462 g/mol. The van der Waals surface area contributed by atoms with Crippen molar-refractivity contribution in [2.45, 2.75) is 32.9 Å². The molecule has 3 N–H and O–H groups in total. The highest BCUT2D eigenvalue weighted by Gasteiger charge is 2.30. The smallest absolute Gasteiger partial charge is 0.416 e. The van der Waals surface area contributed by atoms with Crippen LogP contribution in [0.3, 0.4) is 0 Å². The predicted molar refractivity (Wildman–Crippen MR) is 114 cm³/mol. The number of carbonyl (C=O) groups excluding carboxylic acids is 3. The van der Waals surface area contributed by atoms with Gasteiger partial charge >= 0.3 is 18.4 Å². The Morgan fingerprint density at radius 3 is 2.27 bits per heavy atom. The van der Waals surface area contributed by atoms with E-state index in [0.29, 0.717) is 17.4 Å². The van der Waals surface area contributed by atoms with E-state index in [4.69, 9.17) is 14.0 Å². The number of hydrogen-bond acceptors (Lipinski definition) is 6. The molecular weight excluding hydrogens is 441 g/mol. The van der Waals surface area contributed by atoms with Gasteiger partial charge in [0.1, 0.15) is 5.76 Å². The standard InChI is InChI=1S/C21H21F3N4O2.CO2/c1-3-4-17-12-25-20(30-17)28-18-11-16(8-5-13(18)2)27-19(29)26-15-9-6-14(7-10-15)21(22,23)24;2-1-3/h5-12H,3-4H2,1-2H3,(H,25,28)(H2,26,27,29);. The lowest BCUT2D eigenvalue weighted by Crippen LogP contribution is -2.19. The number of amides is 2. The Kier molecular flexibility index (Phi) is 8.76. The number of aromatic nitrogens is 1. The van der Waals surface area contributed by atoms with Crippen LogP contribution in [0.15, 0.2) is 53.1 Å². The van der Waals surface area contributed by atoms with Crippen LogP contribution in [0.5, 0.6) is 0 Å². The molecular formula is C22H21F3N4O4. The van der Waals surface area contributed by atoms with Gasteiger partial charge in [0, 0.05) is 23.5 Å². The van der Waals surface area contributed by atoms with Gasteiger partial charge in [-0.3, -0.25) is 0 Å². The van der Waals surface area contributed by atoms with Gasteiger partial charge in [-0.2, -0.15) is 22.8 Å². The fourth-order valence-corrected chi connectivity index (χ4v) is 2.71. The number of halogens is 3. The van der Waals surface area contributed by atoms with Crippen LogP contribution in [0.1, 0.15) is 30.2 Å². The second kappa shape index (κ2) is 11.5. The Labute approximate surface area is 187 Å². The fourth-order valence-electron chi connectivity index (χ4n) is 2.71. The number of oxazole rings is 1. The van der Waals surface area contributed by atoms with E-state index < -0.39 is 17.8 Å². The zero-order valence-electron chi connectivity index (χ0n) is 17.7. The SMILES string of the molecule is CCCc1cnc(Nc2cc(NC(=O)Nc3ccc(C(F)(F)F)cc3)ccc2C)o1.O=C=O. The van der Waals surface area contributed by atoms with Crippen LogP contribution < -0.4 is 16.0 Å². The number of nitrogens with one attached hydrogen (secondary N) is 3. The van der Waals surface area contributed by atoms with Crippen molar-refractivity contribution in [3.05, 3.63) is 65.5 Å². The molecule has 0 spiro atoms. The first kappa shape index (κ1) is 25.2. The van der Waals surface area contributed by atoms with Gasteiger partial charge in [-0.15, -0.1) is 0 Å². The number of urea groups is 1. The van der Waals surface area contributed by atoms with Crippen LogP contribution in [0.2, 0.25) is 0 Å². The van der Waals surface area contributed by atoms with Crippen LogP contribution >= 0.6 is 0 Å². The molecule has 0 unspecified atom stereocenters. The second-order valence-electron chi connectivity index (χ2n) is 6.77. The van der Waals surface area contributed by atoms with Crippen LogP contribution in [0, 0.1) is 6.92 Å². The van der Waals surface area contributed by atoms with Gasteiger partial charge in [-0.1, -0.05) is 13.0 Å². The van der Waals surface area contributed by atoms with E-state index in [1.54, 1.807) is 18.3 Å². The minimum absolute atomic E-state index is 0.245. The molecule has 174 valence electrons. The zero-order chi connectivity index (χ0) is 24.4. The molecule has 0 aliphatic rings. The van der Waals surface area contributed by atoms with E-state index in [1.807, 2.05) is 19.9 Å². The van der Waals surface area contributed by atoms with Gasteiger partial charge in [-0.25, -0.2) is 9.78 Å². The maximum absolute atomic E-state index is 12.6. The summed E-state index contributed by atoms with van der Waals surface area (Å²) in [5, 5.41) is 8.23. The van der Waals surface area contributed by atoms with Crippen LogP contribution in [-0.4, -0.2) is 17.2 Å². The Morgan fingerprint density at radius 1 is 1.06 bits per heavy atom. The summed E-state index contributed by atoms with van der Waals surface area (Å²) in [4.78, 5) is 32.6. The van der Waals surface area contributed by atoms with E-state index in [0.717, 1.165) is 36.3 Å². The number of benzene rings is 2. The number of aryl methyl sites for hydroxylation is 2. The molecule has 3 rings (SSSR count). The van der Waals surface area contributed by atoms with Crippen molar-refractivity contribution in [3.63, 3.8) is 0 Å². The third-order valence-electron chi connectivity index (χ3n) is 4.26. The number of alkyl halides is 3. The lowest BCUT2D eigenvalue weighted by molar-refractivity contribution is -0.191. The lowest BCUT2D eigenvalue weighted by Gasteiger charge is -2.12. The summed E-state index contributed by atoms with van der Waals surface area (Å²) < 4.78 is 43.5. The molecule has 11 heteroatoms. The van der Waals surface area contributed by atoms with Gasteiger partial charge in [-0.05, 0) is 55.3 Å². The van der Waals surface area contributed by atoms with E-state index in [1.165, 1.54) is 12.1 Å². The molecule has 1 aromatic heterocycles. The molecule has 0 aliphatic heterocycles. The van der Waals surface area contributed by atoms with Crippen LogP contribution in [0.4, 0.5) is 41.0 Å². The van der Waals surface area contributed by atoms with E-state index in [-0.39, 0.29) is 11.8 Å². The Bertz CT molecular complexity index is 1110. The number of hydrogen-bond donors (Lipinski definition) is 3. The first-order valence-electron chi connectivity index (χ1n) is 9.73. The highest BCUT2D eigenvalue weighted by atomic mass is 19.4. The average Bonchev–Trinajstić information content (AvgIpc) is 3.18. The van der Waals surface area contributed by atoms with Gasteiger partial charge in [0.15, 0.2) is 0 Å². The second-order valence-corrected chi connectivity index (χ2v) is 6.77. The number of rotatable bonds is 6. The van der Waals surface area contributed by atoms with E-state index >= 15 is 0 Å². The third kappa shape index (κ3) is 7.82. The van der Waals surface area contributed by atoms with Crippen molar-refractivity contribution in [2.24, 2.45) is 0 Å². The number of nitrogens with zero attached hydrogens (tertiary/aromatic N) is 1. The van der Waals surface area contributed by atoms with Crippen molar-refractivity contribution < 1.29 is 32.0 Å². The lowest BCUT2D eigenvalue weighted by atomic mass is 10.2. The first-order valence-corrected chi connectivity index (χ1v) is 9.73.